The summed E-state index contributed by atoms with van der Waals surface area (Å²) in [5.74, 6) is -0.0170. The summed E-state index contributed by atoms with van der Waals surface area (Å²) >= 11 is 1.63. The summed E-state index contributed by atoms with van der Waals surface area (Å²) in [6, 6.07) is 7.64. The summed E-state index contributed by atoms with van der Waals surface area (Å²) in [4.78, 5) is 17.7. The molecule has 0 aliphatic heterocycles. The summed E-state index contributed by atoms with van der Waals surface area (Å²) in [5.41, 5.74) is 3.02. The summed E-state index contributed by atoms with van der Waals surface area (Å²) in [7, 11) is 0. The standard InChI is InChI=1S/C18H20N2OS/c21-18(20-10-8-14-5-2-1-3-6-14)15-9-11-19-16(13-15)17-7-4-12-22-17/h4-5,7,9,11-13H,1-3,6,8,10H2,(H,20,21). The number of amides is 1. The first-order valence-corrected chi connectivity index (χ1v) is 8.67. The molecule has 0 saturated carbocycles. The molecule has 0 atom stereocenters. The van der Waals surface area contributed by atoms with Crippen LogP contribution in [0.4, 0.5) is 0 Å². The molecule has 22 heavy (non-hydrogen) atoms. The molecule has 1 aliphatic carbocycles. The van der Waals surface area contributed by atoms with Crippen LogP contribution in [0.5, 0.6) is 0 Å². The molecule has 3 nitrogen and oxygen atoms in total. The van der Waals surface area contributed by atoms with E-state index in [1.807, 2.05) is 23.6 Å². The minimum Gasteiger partial charge on any atom is -0.352 e. The minimum atomic E-state index is -0.0170. The molecular weight excluding hydrogens is 292 g/mol. The lowest BCUT2D eigenvalue weighted by Crippen LogP contribution is -2.25. The number of allylic oxidation sites excluding steroid dienone is 1. The smallest absolute Gasteiger partial charge is 0.251 e. The molecule has 114 valence electrons. The number of pyridine rings is 1. The van der Waals surface area contributed by atoms with Crippen LogP contribution in [0.25, 0.3) is 10.6 Å². The molecule has 0 bridgehead atoms. The van der Waals surface area contributed by atoms with Crippen molar-refractivity contribution in [3.63, 3.8) is 0 Å². The number of carbonyl (C=O) groups excluding carboxylic acids is 1. The predicted octanol–water partition coefficient (Wildman–Crippen LogP) is 4.43. The van der Waals surface area contributed by atoms with E-state index in [0.717, 1.165) is 17.0 Å². The lowest BCUT2D eigenvalue weighted by Gasteiger charge is -2.13. The molecule has 0 radical (unpaired) electrons. The summed E-state index contributed by atoms with van der Waals surface area (Å²) in [5, 5.41) is 5.03. The third-order valence-electron chi connectivity index (χ3n) is 3.91. The number of hydrogen-bond acceptors (Lipinski definition) is 3. The maximum Gasteiger partial charge on any atom is 0.251 e. The van der Waals surface area contributed by atoms with Crippen molar-refractivity contribution in [2.24, 2.45) is 0 Å². The van der Waals surface area contributed by atoms with Gasteiger partial charge in [0, 0.05) is 18.3 Å². The van der Waals surface area contributed by atoms with Crippen molar-refractivity contribution >= 4 is 17.2 Å². The van der Waals surface area contributed by atoms with Gasteiger partial charge in [0.05, 0.1) is 10.6 Å². The van der Waals surface area contributed by atoms with Gasteiger partial charge in [-0.2, -0.15) is 0 Å². The van der Waals surface area contributed by atoms with Crippen molar-refractivity contribution in [1.82, 2.24) is 10.3 Å². The Balaban J connectivity index is 1.58. The fourth-order valence-corrected chi connectivity index (χ4v) is 3.39. The number of nitrogens with zero attached hydrogens (tertiary/aromatic N) is 1. The van der Waals surface area contributed by atoms with Gasteiger partial charge in [-0.3, -0.25) is 9.78 Å². The number of nitrogens with one attached hydrogen (secondary N) is 1. The van der Waals surface area contributed by atoms with Gasteiger partial charge in [-0.1, -0.05) is 17.7 Å². The van der Waals surface area contributed by atoms with Gasteiger partial charge in [-0.25, -0.2) is 0 Å². The first-order valence-electron chi connectivity index (χ1n) is 7.79. The van der Waals surface area contributed by atoms with Crippen LogP contribution in [0.1, 0.15) is 42.5 Å². The van der Waals surface area contributed by atoms with E-state index in [2.05, 4.69) is 16.4 Å². The molecule has 1 aliphatic rings. The quantitative estimate of drug-likeness (QED) is 0.830. The molecule has 0 spiro atoms. The molecule has 0 unspecified atom stereocenters. The van der Waals surface area contributed by atoms with Crippen molar-refractivity contribution in [2.75, 3.05) is 6.54 Å². The van der Waals surface area contributed by atoms with E-state index in [-0.39, 0.29) is 5.91 Å². The number of carbonyl (C=O) groups is 1. The van der Waals surface area contributed by atoms with Crippen LogP contribution in [0, 0.1) is 0 Å². The Bertz CT molecular complexity index is 661. The predicted molar refractivity (Wildman–Crippen MR) is 91.1 cm³/mol. The number of rotatable bonds is 5. The molecule has 0 saturated heterocycles. The van der Waals surface area contributed by atoms with E-state index in [1.165, 1.54) is 31.3 Å². The van der Waals surface area contributed by atoms with Crippen LogP contribution < -0.4 is 5.32 Å². The summed E-state index contributed by atoms with van der Waals surface area (Å²) < 4.78 is 0. The van der Waals surface area contributed by atoms with Crippen LogP contribution in [0.2, 0.25) is 0 Å². The maximum absolute atomic E-state index is 12.3. The van der Waals surface area contributed by atoms with Gasteiger partial charge in [0.1, 0.15) is 0 Å². The second-order valence-corrected chi connectivity index (χ2v) is 6.47. The summed E-state index contributed by atoms with van der Waals surface area (Å²) in [6.45, 7) is 0.710. The Morgan fingerprint density at radius 3 is 3.05 bits per heavy atom. The van der Waals surface area contributed by atoms with Crippen LogP contribution >= 0.6 is 11.3 Å². The van der Waals surface area contributed by atoms with Crippen molar-refractivity contribution in [3.05, 3.63) is 53.1 Å². The molecule has 0 aromatic carbocycles. The lowest BCUT2D eigenvalue weighted by molar-refractivity contribution is 0.0954. The number of hydrogen-bond donors (Lipinski definition) is 1. The zero-order valence-electron chi connectivity index (χ0n) is 12.5. The van der Waals surface area contributed by atoms with E-state index in [9.17, 15) is 4.79 Å². The van der Waals surface area contributed by atoms with Crippen LogP contribution in [0.3, 0.4) is 0 Å². The topological polar surface area (TPSA) is 42.0 Å². The Kier molecular flexibility index (Phi) is 5.01. The van der Waals surface area contributed by atoms with Gasteiger partial charge in [-0.15, -0.1) is 11.3 Å². The average molecular weight is 312 g/mol. The second-order valence-electron chi connectivity index (χ2n) is 5.52. The monoisotopic (exact) mass is 312 g/mol. The van der Waals surface area contributed by atoms with Gasteiger partial charge in [0.15, 0.2) is 0 Å². The van der Waals surface area contributed by atoms with Crippen LogP contribution in [-0.4, -0.2) is 17.4 Å². The van der Waals surface area contributed by atoms with Crippen LogP contribution in [-0.2, 0) is 0 Å². The van der Waals surface area contributed by atoms with Gasteiger partial charge in [-0.05, 0) is 55.7 Å². The number of thiophene rings is 1. The largest absolute Gasteiger partial charge is 0.352 e. The molecule has 2 aromatic heterocycles. The van der Waals surface area contributed by atoms with E-state index < -0.39 is 0 Å². The first kappa shape index (κ1) is 15.0. The fraction of sp³-hybridized carbons (Fsp3) is 0.333. The minimum absolute atomic E-state index is 0.0170. The molecular formula is C18H20N2OS. The highest BCUT2D eigenvalue weighted by Gasteiger charge is 2.09. The molecule has 2 heterocycles. The van der Waals surface area contributed by atoms with E-state index in [4.69, 9.17) is 0 Å². The van der Waals surface area contributed by atoms with Gasteiger partial charge in [0.2, 0.25) is 0 Å². The average Bonchev–Trinajstić information content (AvgIpc) is 3.10. The van der Waals surface area contributed by atoms with Crippen molar-refractivity contribution in [3.8, 4) is 10.6 Å². The van der Waals surface area contributed by atoms with E-state index in [0.29, 0.717) is 12.1 Å². The Morgan fingerprint density at radius 2 is 2.27 bits per heavy atom. The Morgan fingerprint density at radius 1 is 1.32 bits per heavy atom. The van der Waals surface area contributed by atoms with Crippen molar-refractivity contribution in [1.29, 1.82) is 0 Å². The third-order valence-corrected chi connectivity index (χ3v) is 4.80. The van der Waals surface area contributed by atoms with Gasteiger partial charge >= 0.3 is 0 Å². The molecule has 0 fully saturated rings. The Labute approximate surface area is 135 Å². The Hall–Kier alpha value is -1.94. The van der Waals surface area contributed by atoms with E-state index >= 15 is 0 Å². The highest BCUT2D eigenvalue weighted by Crippen LogP contribution is 2.23. The normalized spacial score (nSPS) is 14.5. The lowest BCUT2D eigenvalue weighted by atomic mass is 9.97. The molecule has 3 rings (SSSR count). The highest BCUT2D eigenvalue weighted by molar-refractivity contribution is 7.13. The second kappa shape index (κ2) is 7.36. The zero-order chi connectivity index (χ0) is 15.2. The third kappa shape index (κ3) is 3.83. The van der Waals surface area contributed by atoms with Crippen molar-refractivity contribution < 1.29 is 4.79 Å². The first-order chi connectivity index (χ1) is 10.8. The maximum atomic E-state index is 12.3. The van der Waals surface area contributed by atoms with Gasteiger partial charge < -0.3 is 5.32 Å². The summed E-state index contributed by atoms with van der Waals surface area (Å²) in [6.07, 6.45) is 9.97. The van der Waals surface area contributed by atoms with Gasteiger partial charge in [0.25, 0.3) is 5.91 Å². The molecule has 1 amide bonds. The SMILES string of the molecule is O=C(NCCC1=CCCCC1)c1ccnc(-c2cccs2)c1. The van der Waals surface area contributed by atoms with Crippen LogP contribution in [0.15, 0.2) is 47.5 Å². The number of aromatic nitrogens is 1. The van der Waals surface area contributed by atoms with Crippen molar-refractivity contribution in [2.45, 2.75) is 32.1 Å². The molecule has 2 aromatic rings. The van der Waals surface area contributed by atoms with E-state index in [1.54, 1.807) is 23.6 Å². The molecule has 1 N–H and O–H groups in total. The fourth-order valence-electron chi connectivity index (χ4n) is 2.70. The zero-order valence-corrected chi connectivity index (χ0v) is 13.4. The molecule has 4 heteroatoms. The highest BCUT2D eigenvalue weighted by atomic mass is 32.1.